The first-order valence-corrected chi connectivity index (χ1v) is 7.49. The van der Waals surface area contributed by atoms with E-state index in [1.54, 1.807) is 0 Å². The van der Waals surface area contributed by atoms with Gasteiger partial charge in [-0.1, -0.05) is 26.3 Å². The van der Waals surface area contributed by atoms with Crippen LogP contribution < -0.4 is 0 Å². The Labute approximate surface area is 151 Å². The summed E-state index contributed by atoms with van der Waals surface area (Å²) < 4.78 is 20.0. The number of rotatable bonds is 13. The average Bonchev–Trinajstić information content (AvgIpc) is 2.67. The van der Waals surface area contributed by atoms with Gasteiger partial charge in [-0.25, -0.2) is 19.2 Å². The molecule has 0 aromatic carbocycles. The molecule has 142 valence electrons. The van der Waals surface area contributed by atoms with Gasteiger partial charge in [0.25, 0.3) is 0 Å². The molecule has 0 spiro atoms. The highest BCUT2D eigenvalue weighted by Crippen LogP contribution is 2.25. The molecule has 0 fully saturated rings. The Kier molecular flexibility index (Phi) is 10.8. The normalized spacial score (nSPS) is 10.0. The Balaban J connectivity index is 5.31. The smallest absolute Gasteiger partial charge is 0.330 e. The molecule has 0 atom stereocenters. The molecule has 8 heteroatoms. The van der Waals surface area contributed by atoms with E-state index in [1.807, 2.05) is 0 Å². The summed E-state index contributed by atoms with van der Waals surface area (Å²) in [5, 5.41) is 0. The predicted octanol–water partition coefficient (Wildman–Crippen LogP) is 1.28. The number of ether oxygens (including phenoxy) is 4. The third-order valence-electron chi connectivity index (χ3n) is 3.11. The van der Waals surface area contributed by atoms with Crippen LogP contribution in [0.1, 0.15) is 6.42 Å². The summed E-state index contributed by atoms with van der Waals surface area (Å²) in [6, 6.07) is 0. The van der Waals surface area contributed by atoms with Crippen molar-refractivity contribution in [2.75, 3.05) is 26.4 Å². The number of hydrogen-bond donors (Lipinski definition) is 0. The minimum Gasteiger partial charge on any atom is -0.463 e. The fraction of sp³-hybridized carbons (Fsp3) is 0.333. The largest absolute Gasteiger partial charge is 0.463 e. The molecular weight excluding hydrogens is 344 g/mol. The van der Waals surface area contributed by atoms with E-state index >= 15 is 0 Å². The Morgan fingerprint density at radius 2 is 0.923 bits per heavy atom. The number of hydrogen-bond acceptors (Lipinski definition) is 8. The standard InChI is InChI=1S/C18H22O8/c1-5-14(19)23-10-9-18(11-24-15(20)6-2,12-25-16(21)7-3)13-26-17(22)8-4/h5-8H,1-4,9-13H2. The van der Waals surface area contributed by atoms with E-state index in [4.69, 9.17) is 18.9 Å². The maximum Gasteiger partial charge on any atom is 0.330 e. The zero-order valence-electron chi connectivity index (χ0n) is 14.4. The topological polar surface area (TPSA) is 105 Å². The van der Waals surface area contributed by atoms with Gasteiger partial charge in [0, 0.05) is 24.3 Å². The van der Waals surface area contributed by atoms with Crippen molar-refractivity contribution in [3.63, 3.8) is 0 Å². The molecule has 0 bridgehead atoms. The molecule has 0 aliphatic rings. The summed E-state index contributed by atoms with van der Waals surface area (Å²) in [7, 11) is 0. The van der Waals surface area contributed by atoms with E-state index in [2.05, 4.69) is 26.3 Å². The number of esters is 4. The lowest BCUT2D eigenvalue weighted by atomic mass is 9.87. The van der Waals surface area contributed by atoms with Crippen LogP contribution in [0.3, 0.4) is 0 Å². The third kappa shape index (κ3) is 9.21. The van der Waals surface area contributed by atoms with Gasteiger partial charge in [-0.2, -0.15) is 0 Å². The summed E-state index contributed by atoms with van der Waals surface area (Å²) in [4.78, 5) is 45.4. The van der Waals surface area contributed by atoms with Gasteiger partial charge in [0.1, 0.15) is 19.8 Å². The monoisotopic (exact) mass is 366 g/mol. The molecule has 0 N–H and O–H groups in total. The lowest BCUT2D eigenvalue weighted by Gasteiger charge is -2.31. The maximum atomic E-state index is 11.4. The van der Waals surface area contributed by atoms with Gasteiger partial charge in [0.2, 0.25) is 0 Å². The summed E-state index contributed by atoms with van der Waals surface area (Å²) in [6.07, 6.45) is 3.90. The van der Waals surface area contributed by atoms with Crippen molar-refractivity contribution in [3.05, 3.63) is 50.6 Å². The van der Waals surface area contributed by atoms with E-state index in [9.17, 15) is 19.2 Å². The van der Waals surface area contributed by atoms with Crippen LogP contribution in [0.2, 0.25) is 0 Å². The van der Waals surface area contributed by atoms with Crippen LogP contribution in [0.5, 0.6) is 0 Å². The van der Waals surface area contributed by atoms with Gasteiger partial charge >= 0.3 is 23.9 Å². The first-order valence-electron chi connectivity index (χ1n) is 7.49. The number of carbonyl (C=O) groups is 4. The molecule has 0 aliphatic heterocycles. The van der Waals surface area contributed by atoms with Crippen molar-refractivity contribution in [2.45, 2.75) is 6.42 Å². The van der Waals surface area contributed by atoms with Gasteiger partial charge < -0.3 is 18.9 Å². The second-order valence-electron chi connectivity index (χ2n) is 5.06. The molecule has 0 radical (unpaired) electrons. The van der Waals surface area contributed by atoms with Crippen LogP contribution in [0, 0.1) is 5.41 Å². The Morgan fingerprint density at radius 1 is 0.615 bits per heavy atom. The average molecular weight is 366 g/mol. The molecule has 0 heterocycles. The zero-order chi connectivity index (χ0) is 20.0. The van der Waals surface area contributed by atoms with Gasteiger partial charge in [0.15, 0.2) is 0 Å². The van der Waals surface area contributed by atoms with E-state index in [1.165, 1.54) is 0 Å². The van der Waals surface area contributed by atoms with Crippen molar-refractivity contribution in [2.24, 2.45) is 5.41 Å². The maximum absolute atomic E-state index is 11.4. The highest BCUT2D eigenvalue weighted by atomic mass is 16.6. The molecule has 0 saturated carbocycles. The third-order valence-corrected chi connectivity index (χ3v) is 3.11. The van der Waals surface area contributed by atoms with Crippen LogP contribution >= 0.6 is 0 Å². The summed E-state index contributed by atoms with van der Waals surface area (Å²) in [6.45, 7) is 12.2. The van der Waals surface area contributed by atoms with Crippen LogP contribution in [-0.4, -0.2) is 50.3 Å². The highest BCUT2D eigenvalue weighted by Gasteiger charge is 2.35. The summed E-state index contributed by atoms with van der Waals surface area (Å²) in [5.74, 6) is -2.82. The molecule has 8 nitrogen and oxygen atoms in total. The van der Waals surface area contributed by atoms with Gasteiger partial charge in [-0.15, -0.1) is 0 Å². The molecule has 0 aromatic heterocycles. The van der Waals surface area contributed by atoms with Crippen molar-refractivity contribution < 1.29 is 38.1 Å². The van der Waals surface area contributed by atoms with Gasteiger partial charge in [-0.05, 0) is 6.42 Å². The zero-order valence-corrected chi connectivity index (χ0v) is 14.4. The Morgan fingerprint density at radius 3 is 1.23 bits per heavy atom. The predicted molar refractivity (Wildman–Crippen MR) is 91.7 cm³/mol. The lowest BCUT2D eigenvalue weighted by Crippen LogP contribution is -2.40. The van der Waals surface area contributed by atoms with E-state index in [0.29, 0.717) is 0 Å². The molecule has 26 heavy (non-hydrogen) atoms. The Bertz CT molecular complexity index is 516. The van der Waals surface area contributed by atoms with E-state index in [-0.39, 0.29) is 32.8 Å². The molecule has 0 aromatic rings. The fourth-order valence-electron chi connectivity index (χ4n) is 1.62. The van der Waals surface area contributed by atoms with E-state index < -0.39 is 29.3 Å². The molecule has 0 unspecified atom stereocenters. The molecule has 0 saturated heterocycles. The Hall–Kier alpha value is -3.16. The second-order valence-corrected chi connectivity index (χ2v) is 5.06. The van der Waals surface area contributed by atoms with Crippen LogP contribution in [0.15, 0.2) is 50.6 Å². The first-order chi connectivity index (χ1) is 12.3. The van der Waals surface area contributed by atoms with Gasteiger partial charge in [0.05, 0.1) is 12.0 Å². The summed E-state index contributed by atoms with van der Waals surface area (Å²) in [5.41, 5.74) is -1.16. The molecule has 0 rings (SSSR count). The van der Waals surface area contributed by atoms with Crippen LogP contribution in [0.25, 0.3) is 0 Å². The minimum absolute atomic E-state index is 0.0614. The lowest BCUT2D eigenvalue weighted by molar-refractivity contribution is -0.159. The SMILES string of the molecule is C=CC(=O)OCCC(COC(=O)C=C)(COC(=O)C=C)COC(=O)C=C. The van der Waals surface area contributed by atoms with Crippen molar-refractivity contribution >= 4 is 23.9 Å². The van der Waals surface area contributed by atoms with Crippen LogP contribution in [-0.2, 0) is 38.1 Å². The quantitative estimate of drug-likeness (QED) is 0.273. The van der Waals surface area contributed by atoms with Gasteiger partial charge in [-0.3, -0.25) is 0 Å². The molecular formula is C18H22O8. The summed E-state index contributed by atoms with van der Waals surface area (Å²) >= 11 is 0. The van der Waals surface area contributed by atoms with Crippen molar-refractivity contribution in [1.82, 2.24) is 0 Å². The molecule has 0 aliphatic carbocycles. The van der Waals surface area contributed by atoms with Crippen molar-refractivity contribution in [1.29, 1.82) is 0 Å². The van der Waals surface area contributed by atoms with Crippen LogP contribution in [0.4, 0.5) is 0 Å². The minimum atomic E-state index is -1.16. The second kappa shape index (κ2) is 12.2. The highest BCUT2D eigenvalue weighted by molar-refractivity contribution is 5.82. The van der Waals surface area contributed by atoms with E-state index in [0.717, 1.165) is 24.3 Å². The van der Waals surface area contributed by atoms with Crippen molar-refractivity contribution in [3.8, 4) is 0 Å². The first kappa shape index (κ1) is 22.8. The molecule has 0 amide bonds. The number of carbonyl (C=O) groups excluding carboxylic acids is 4. The fourth-order valence-corrected chi connectivity index (χ4v) is 1.62.